The molecule has 0 unspecified atom stereocenters. The lowest BCUT2D eigenvalue weighted by atomic mass is 9.87. The highest BCUT2D eigenvalue weighted by atomic mass is 16.1. The van der Waals surface area contributed by atoms with E-state index in [0.717, 1.165) is 29.7 Å². The van der Waals surface area contributed by atoms with Crippen molar-refractivity contribution >= 4 is 17.6 Å². The number of guanidine groups is 1. The van der Waals surface area contributed by atoms with Crippen molar-refractivity contribution in [1.29, 1.82) is 0 Å². The molecule has 1 fully saturated rings. The zero-order valence-corrected chi connectivity index (χ0v) is 15.1. The van der Waals surface area contributed by atoms with Crippen molar-refractivity contribution in [2.75, 3.05) is 11.9 Å². The molecule has 1 aromatic carbocycles. The van der Waals surface area contributed by atoms with Gasteiger partial charge in [0.2, 0.25) is 5.91 Å². The van der Waals surface area contributed by atoms with Gasteiger partial charge in [0.15, 0.2) is 5.96 Å². The zero-order valence-electron chi connectivity index (χ0n) is 15.1. The fraction of sp³-hybridized carbons (Fsp3) is 0.579. The van der Waals surface area contributed by atoms with E-state index in [0.29, 0.717) is 12.6 Å². The van der Waals surface area contributed by atoms with Crippen LogP contribution in [0.3, 0.4) is 0 Å². The minimum atomic E-state index is -0.0582. The van der Waals surface area contributed by atoms with E-state index in [4.69, 9.17) is 4.99 Å². The minimum Gasteiger partial charge on any atom is -0.357 e. The second kappa shape index (κ2) is 9.30. The van der Waals surface area contributed by atoms with Gasteiger partial charge in [0.05, 0.1) is 6.54 Å². The zero-order chi connectivity index (χ0) is 17.4. The Morgan fingerprint density at radius 3 is 2.67 bits per heavy atom. The monoisotopic (exact) mass is 330 g/mol. The molecule has 0 bridgehead atoms. The van der Waals surface area contributed by atoms with E-state index in [-0.39, 0.29) is 5.91 Å². The summed E-state index contributed by atoms with van der Waals surface area (Å²) in [6.07, 6.45) is 5.00. The summed E-state index contributed by atoms with van der Waals surface area (Å²) in [4.78, 5) is 15.9. The van der Waals surface area contributed by atoms with Crippen molar-refractivity contribution in [3.63, 3.8) is 0 Å². The summed E-state index contributed by atoms with van der Waals surface area (Å²) in [5.74, 6) is 1.67. The number of rotatable bonds is 5. The molecule has 5 heteroatoms. The van der Waals surface area contributed by atoms with Gasteiger partial charge in [-0.2, -0.15) is 0 Å². The topological polar surface area (TPSA) is 65.5 Å². The molecule has 24 heavy (non-hydrogen) atoms. The van der Waals surface area contributed by atoms with Crippen LogP contribution in [0.1, 0.15) is 52.0 Å². The second-order valence-corrected chi connectivity index (χ2v) is 6.68. The lowest BCUT2D eigenvalue weighted by Crippen LogP contribution is -2.44. The summed E-state index contributed by atoms with van der Waals surface area (Å²) in [5, 5.41) is 9.70. The Hall–Kier alpha value is -2.04. The van der Waals surface area contributed by atoms with Crippen LogP contribution in [0.5, 0.6) is 0 Å². The molecule has 1 aliphatic carbocycles. The number of carbonyl (C=O) groups excluding carboxylic acids is 1. The number of anilines is 1. The first-order valence-electron chi connectivity index (χ1n) is 8.98. The quantitative estimate of drug-likeness (QED) is 0.573. The predicted molar refractivity (Wildman–Crippen MR) is 100 cm³/mol. The van der Waals surface area contributed by atoms with Crippen molar-refractivity contribution in [2.45, 2.75) is 59.0 Å². The van der Waals surface area contributed by atoms with Crippen LogP contribution in [0.2, 0.25) is 0 Å². The summed E-state index contributed by atoms with van der Waals surface area (Å²) in [6, 6.07) is 8.35. The van der Waals surface area contributed by atoms with Crippen LogP contribution >= 0.6 is 0 Å². The minimum absolute atomic E-state index is 0.0582. The van der Waals surface area contributed by atoms with Gasteiger partial charge < -0.3 is 16.0 Å². The van der Waals surface area contributed by atoms with Crippen LogP contribution in [0.15, 0.2) is 29.3 Å². The summed E-state index contributed by atoms with van der Waals surface area (Å²) in [6.45, 7) is 7.37. The number of nitrogens with one attached hydrogen (secondary N) is 3. The van der Waals surface area contributed by atoms with Crippen molar-refractivity contribution in [3.05, 3.63) is 29.8 Å². The highest BCUT2D eigenvalue weighted by Gasteiger charge is 2.18. The first-order valence-corrected chi connectivity index (χ1v) is 8.98. The molecule has 0 atom stereocenters. The van der Waals surface area contributed by atoms with Gasteiger partial charge in [0, 0.05) is 25.2 Å². The molecule has 132 valence electrons. The van der Waals surface area contributed by atoms with Gasteiger partial charge in [-0.1, -0.05) is 19.1 Å². The highest BCUT2D eigenvalue weighted by Crippen LogP contribution is 2.23. The molecule has 1 amide bonds. The van der Waals surface area contributed by atoms with Crippen LogP contribution < -0.4 is 16.0 Å². The van der Waals surface area contributed by atoms with Crippen molar-refractivity contribution in [1.82, 2.24) is 10.6 Å². The van der Waals surface area contributed by atoms with Crippen LogP contribution in [-0.4, -0.2) is 24.5 Å². The fourth-order valence-electron chi connectivity index (χ4n) is 3.04. The van der Waals surface area contributed by atoms with E-state index in [1.165, 1.54) is 32.6 Å². The molecule has 1 aromatic rings. The number of aliphatic imine (C=N–C) groups is 1. The number of hydrogen-bond donors (Lipinski definition) is 3. The SMILES string of the molecule is CCNC(=NCc1cccc(NC(C)=O)c1)NC1CCC(C)CC1. The molecule has 1 aliphatic rings. The first kappa shape index (κ1) is 18.3. The molecule has 0 saturated heterocycles. The van der Waals surface area contributed by atoms with E-state index < -0.39 is 0 Å². The van der Waals surface area contributed by atoms with Gasteiger partial charge in [-0.25, -0.2) is 4.99 Å². The first-order chi connectivity index (χ1) is 11.6. The molecule has 3 N–H and O–H groups in total. The van der Waals surface area contributed by atoms with E-state index >= 15 is 0 Å². The normalized spacial score (nSPS) is 21.2. The maximum atomic E-state index is 11.2. The van der Waals surface area contributed by atoms with Gasteiger partial charge in [-0.3, -0.25) is 4.79 Å². The predicted octanol–water partition coefficient (Wildman–Crippen LogP) is 3.28. The van der Waals surface area contributed by atoms with Crippen LogP contribution in [0.25, 0.3) is 0 Å². The van der Waals surface area contributed by atoms with Gasteiger partial charge in [-0.05, 0) is 56.2 Å². The maximum absolute atomic E-state index is 11.2. The van der Waals surface area contributed by atoms with Gasteiger partial charge in [-0.15, -0.1) is 0 Å². The largest absolute Gasteiger partial charge is 0.357 e. The molecular formula is C19H30N4O. The molecule has 0 aromatic heterocycles. The van der Waals surface area contributed by atoms with Gasteiger partial charge in [0.25, 0.3) is 0 Å². The number of nitrogens with zero attached hydrogens (tertiary/aromatic N) is 1. The number of benzene rings is 1. The van der Waals surface area contributed by atoms with E-state index in [9.17, 15) is 4.79 Å². The molecule has 5 nitrogen and oxygen atoms in total. The lowest BCUT2D eigenvalue weighted by Gasteiger charge is -2.28. The van der Waals surface area contributed by atoms with Crippen molar-refractivity contribution in [3.8, 4) is 0 Å². The number of hydrogen-bond acceptors (Lipinski definition) is 2. The highest BCUT2D eigenvalue weighted by molar-refractivity contribution is 5.88. The van der Waals surface area contributed by atoms with E-state index in [1.54, 1.807) is 0 Å². The third-order valence-corrected chi connectivity index (χ3v) is 4.37. The van der Waals surface area contributed by atoms with Crippen LogP contribution in [-0.2, 0) is 11.3 Å². The maximum Gasteiger partial charge on any atom is 0.221 e. The molecule has 1 saturated carbocycles. The van der Waals surface area contributed by atoms with E-state index in [1.807, 2.05) is 24.3 Å². The van der Waals surface area contributed by atoms with Gasteiger partial charge in [0.1, 0.15) is 0 Å². The lowest BCUT2D eigenvalue weighted by molar-refractivity contribution is -0.114. The third kappa shape index (κ3) is 6.22. The van der Waals surface area contributed by atoms with Crippen LogP contribution in [0, 0.1) is 5.92 Å². The van der Waals surface area contributed by atoms with Crippen molar-refractivity contribution in [2.24, 2.45) is 10.9 Å². The Balaban J connectivity index is 1.96. The molecular weight excluding hydrogens is 300 g/mol. The Bertz CT molecular complexity index is 562. The summed E-state index contributed by atoms with van der Waals surface area (Å²) in [5.41, 5.74) is 1.89. The molecule has 0 radical (unpaired) electrons. The summed E-state index contributed by atoms with van der Waals surface area (Å²) < 4.78 is 0. The summed E-state index contributed by atoms with van der Waals surface area (Å²) >= 11 is 0. The molecule has 0 spiro atoms. The second-order valence-electron chi connectivity index (χ2n) is 6.68. The molecule has 0 aliphatic heterocycles. The average molecular weight is 330 g/mol. The molecule has 0 heterocycles. The standard InChI is InChI=1S/C19H30N4O/c1-4-20-19(23-17-10-8-14(2)9-11-17)21-13-16-6-5-7-18(12-16)22-15(3)24/h5-7,12,14,17H,4,8-11,13H2,1-3H3,(H,22,24)(H2,20,21,23). The van der Waals surface area contributed by atoms with Gasteiger partial charge >= 0.3 is 0 Å². The average Bonchev–Trinajstić information content (AvgIpc) is 2.55. The van der Waals surface area contributed by atoms with E-state index in [2.05, 4.69) is 29.8 Å². The number of carbonyl (C=O) groups is 1. The Labute approximate surface area is 145 Å². The van der Waals surface area contributed by atoms with Crippen LogP contribution in [0.4, 0.5) is 5.69 Å². The third-order valence-electron chi connectivity index (χ3n) is 4.37. The van der Waals surface area contributed by atoms with Crippen molar-refractivity contribution < 1.29 is 4.79 Å². The Morgan fingerprint density at radius 1 is 1.25 bits per heavy atom. The summed E-state index contributed by atoms with van der Waals surface area (Å²) in [7, 11) is 0. The fourth-order valence-corrected chi connectivity index (χ4v) is 3.04. The Kier molecular flexibility index (Phi) is 7.09. The smallest absolute Gasteiger partial charge is 0.221 e. The Morgan fingerprint density at radius 2 is 2.00 bits per heavy atom. The number of amides is 1. The molecule has 2 rings (SSSR count).